The van der Waals surface area contributed by atoms with Crippen molar-refractivity contribution in [3.63, 3.8) is 0 Å². The minimum absolute atomic E-state index is 0.00140. The van der Waals surface area contributed by atoms with E-state index in [1.807, 2.05) is 0 Å². The maximum absolute atomic E-state index is 14.5. The van der Waals surface area contributed by atoms with Crippen LogP contribution in [-0.2, 0) is 11.8 Å². The average Bonchev–Trinajstić information content (AvgIpc) is 3.36. The Kier molecular flexibility index (Phi) is 7.60. The first-order valence-corrected chi connectivity index (χ1v) is 12.8. The second-order valence-corrected chi connectivity index (χ2v) is 11.1. The number of hydrogen-bond donors (Lipinski definition) is 3. The zero-order valence-electron chi connectivity index (χ0n) is 21.1. The van der Waals surface area contributed by atoms with Crippen LogP contribution in [0.15, 0.2) is 24.4 Å². The van der Waals surface area contributed by atoms with Crippen molar-refractivity contribution in [2.45, 2.75) is 64.0 Å². The van der Waals surface area contributed by atoms with E-state index in [0.717, 1.165) is 54.8 Å². The Bertz CT molecular complexity index is 1290. The van der Waals surface area contributed by atoms with Crippen molar-refractivity contribution >= 4 is 34.0 Å². The van der Waals surface area contributed by atoms with Crippen LogP contribution in [0.2, 0.25) is 0 Å². The first-order valence-electron chi connectivity index (χ1n) is 12.0. The maximum Gasteiger partial charge on any atom is 0.412 e. The molecule has 2 aromatic heterocycles. The molecule has 2 amide bonds. The van der Waals surface area contributed by atoms with E-state index in [-0.39, 0.29) is 33.2 Å². The van der Waals surface area contributed by atoms with Crippen molar-refractivity contribution in [2.24, 2.45) is 12.8 Å². The van der Waals surface area contributed by atoms with E-state index in [2.05, 4.69) is 20.7 Å². The molecule has 1 aromatic carbocycles. The predicted octanol–water partition coefficient (Wildman–Crippen LogP) is 5.41. The highest BCUT2D eigenvalue weighted by molar-refractivity contribution is 7.19. The van der Waals surface area contributed by atoms with Crippen LogP contribution in [0, 0.1) is 11.6 Å². The van der Waals surface area contributed by atoms with Gasteiger partial charge in [0.25, 0.3) is 5.91 Å². The van der Waals surface area contributed by atoms with Crippen molar-refractivity contribution in [1.29, 1.82) is 0 Å². The number of aryl methyl sites for hydroxylation is 1. The number of rotatable bonds is 5. The minimum atomic E-state index is -0.838. The summed E-state index contributed by atoms with van der Waals surface area (Å²) in [5, 5.41) is 9.54. The van der Waals surface area contributed by atoms with E-state index in [1.165, 1.54) is 6.07 Å². The molecule has 9 nitrogen and oxygen atoms in total. The van der Waals surface area contributed by atoms with Gasteiger partial charge in [-0.3, -0.25) is 14.8 Å². The maximum atomic E-state index is 14.5. The Balaban J connectivity index is 1.67. The predicted molar refractivity (Wildman–Crippen MR) is 138 cm³/mol. The summed E-state index contributed by atoms with van der Waals surface area (Å²) in [6.45, 7) is 5.07. The molecule has 0 aliphatic heterocycles. The van der Waals surface area contributed by atoms with E-state index in [0.29, 0.717) is 5.69 Å². The topological polar surface area (TPSA) is 124 Å². The Morgan fingerprint density at radius 1 is 1.14 bits per heavy atom. The van der Waals surface area contributed by atoms with Gasteiger partial charge in [-0.2, -0.15) is 5.10 Å². The van der Waals surface area contributed by atoms with E-state index in [9.17, 15) is 18.4 Å². The standard InChI is InChI=1S/C25H30F2N6O3S/c1-25(2,3)36-24(35)32-23-19(31-22(37-23)18-15(26)6-5-7-16(18)27)21(34)30-17-12-29-33(4)20(17)13-8-10-14(28)11-9-13/h5-7,12-14H,8-11,28H2,1-4H3,(H,30,34)(H,32,35). The number of anilines is 2. The number of amides is 2. The van der Waals surface area contributed by atoms with Crippen molar-refractivity contribution in [2.75, 3.05) is 10.6 Å². The van der Waals surface area contributed by atoms with Gasteiger partial charge in [-0.25, -0.2) is 18.6 Å². The van der Waals surface area contributed by atoms with Gasteiger partial charge in [0.15, 0.2) is 5.69 Å². The SMILES string of the molecule is Cn1ncc(NC(=O)c2nc(-c3c(F)cccc3F)sc2NC(=O)OC(C)(C)C)c1C1CCC(N)CC1. The number of nitrogens with two attached hydrogens (primary N) is 1. The zero-order valence-corrected chi connectivity index (χ0v) is 21.9. The molecule has 0 saturated heterocycles. The molecule has 0 unspecified atom stereocenters. The lowest BCUT2D eigenvalue weighted by Crippen LogP contribution is -2.28. The number of halogens is 2. The minimum Gasteiger partial charge on any atom is -0.444 e. The number of benzene rings is 1. The number of ether oxygens (including phenoxy) is 1. The van der Waals surface area contributed by atoms with Crippen molar-refractivity contribution in [3.8, 4) is 10.6 Å². The molecule has 0 bridgehead atoms. The first-order chi connectivity index (χ1) is 17.4. The number of aromatic nitrogens is 3. The van der Waals surface area contributed by atoms with Crippen LogP contribution in [0.5, 0.6) is 0 Å². The third kappa shape index (κ3) is 6.13. The van der Waals surface area contributed by atoms with Crippen LogP contribution in [-0.4, -0.2) is 38.4 Å². The molecule has 0 spiro atoms. The van der Waals surface area contributed by atoms with E-state index in [4.69, 9.17) is 10.5 Å². The fourth-order valence-corrected chi connectivity index (χ4v) is 5.36. The summed E-state index contributed by atoms with van der Waals surface area (Å²) >= 11 is 0.773. The molecular formula is C25H30F2N6O3S. The van der Waals surface area contributed by atoms with Crippen molar-refractivity contribution in [1.82, 2.24) is 14.8 Å². The summed E-state index contributed by atoms with van der Waals surface area (Å²) in [5.41, 5.74) is 6.02. The van der Waals surface area contributed by atoms with Crippen LogP contribution in [0.1, 0.15) is 68.6 Å². The highest BCUT2D eigenvalue weighted by Crippen LogP contribution is 2.38. The highest BCUT2D eigenvalue weighted by Gasteiger charge is 2.29. The van der Waals surface area contributed by atoms with Gasteiger partial charge in [-0.1, -0.05) is 17.4 Å². The Labute approximate surface area is 217 Å². The molecule has 0 atom stereocenters. The van der Waals surface area contributed by atoms with Gasteiger partial charge in [0.05, 0.1) is 23.1 Å². The summed E-state index contributed by atoms with van der Waals surface area (Å²) in [6, 6.07) is 3.59. The number of nitrogens with one attached hydrogen (secondary N) is 2. The third-order valence-corrected chi connectivity index (χ3v) is 7.01. The third-order valence-electron chi connectivity index (χ3n) is 6.02. The second kappa shape index (κ2) is 10.5. The molecule has 1 saturated carbocycles. The van der Waals surface area contributed by atoms with Crippen LogP contribution in [0.25, 0.3) is 10.6 Å². The van der Waals surface area contributed by atoms with Gasteiger partial charge in [0.1, 0.15) is 27.2 Å². The molecule has 198 valence electrons. The largest absolute Gasteiger partial charge is 0.444 e. The van der Waals surface area contributed by atoms with Crippen LogP contribution < -0.4 is 16.4 Å². The summed E-state index contributed by atoms with van der Waals surface area (Å²) in [7, 11) is 1.80. The van der Waals surface area contributed by atoms with Crippen molar-refractivity contribution in [3.05, 3.63) is 47.4 Å². The fraction of sp³-hybridized carbons (Fsp3) is 0.440. The molecule has 4 rings (SSSR count). The molecule has 2 heterocycles. The van der Waals surface area contributed by atoms with Crippen molar-refractivity contribution < 1.29 is 23.1 Å². The molecule has 1 aliphatic rings. The quantitative estimate of drug-likeness (QED) is 0.404. The number of hydrogen-bond acceptors (Lipinski definition) is 7. The Hall–Kier alpha value is -3.38. The van der Waals surface area contributed by atoms with E-state index in [1.54, 1.807) is 38.7 Å². The average molecular weight is 533 g/mol. The van der Waals surface area contributed by atoms with E-state index >= 15 is 0 Å². The molecule has 1 fully saturated rings. The van der Waals surface area contributed by atoms with E-state index < -0.39 is 29.2 Å². The van der Waals surface area contributed by atoms with Crippen LogP contribution >= 0.6 is 11.3 Å². The Morgan fingerprint density at radius 3 is 2.41 bits per heavy atom. The lowest BCUT2D eigenvalue weighted by molar-refractivity contribution is 0.0636. The Morgan fingerprint density at radius 2 is 1.78 bits per heavy atom. The molecule has 4 N–H and O–H groups in total. The van der Waals surface area contributed by atoms with Gasteiger partial charge < -0.3 is 15.8 Å². The summed E-state index contributed by atoms with van der Waals surface area (Å²) in [6.07, 6.45) is 4.19. The molecular weight excluding hydrogens is 502 g/mol. The number of thiazole rings is 1. The second-order valence-electron chi connectivity index (χ2n) is 10.1. The fourth-order valence-electron chi connectivity index (χ4n) is 4.37. The first kappa shape index (κ1) is 26.7. The zero-order chi connectivity index (χ0) is 26.9. The molecule has 3 aromatic rings. The number of carbonyl (C=O) groups is 2. The highest BCUT2D eigenvalue weighted by atomic mass is 32.1. The van der Waals surface area contributed by atoms with Gasteiger partial charge in [-0.15, -0.1) is 0 Å². The van der Waals surface area contributed by atoms with Gasteiger partial charge in [0.2, 0.25) is 0 Å². The van der Waals surface area contributed by atoms with Crippen LogP contribution in [0.3, 0.4) is 0 Å². The smallest absolute Gasteiger partial charge is 0.412 e. The number of nitrogens with zero attached hydrogens (tertiary/aromatic N) is 3. The summed E-state index contributed by atoms with van der Waals surface area (Å²) in [5.74, 6) is -2.17. The molecule has 37 heavy (non-hydrogen) atoms. The molecule has 0 radical (unpaired) electrons. The lowest BCUT2D eigenvalue weighted by atomic mass is 9.84. The monoisotopic (exact) mass is 532 g/mol. The summed E-state index contributed by atoms with van der Waals surface area (Å²) < 4.78 is 36.0. The van der Waals surface area contributed by atoms with Gasteiger partial charge in [-0.05, 0) is 58.6 Å². The van der Waals surface area contributed by atoms with Crippen LogP contribution in [0.4, 0.5) is 24.3 Å². The molecule has 12 heteroatoms. The normalized spacial score (nSPS) is 17.9. The summed E-state index contributed by atoms with van der Waals surface area (Å²) in [4.78, 5) is 30.1. The van der Waals surface area contributed by atoms with Gasteiger partial charge >= 0.3 is 6.09 Å². The lowest BCUT2D eigenvalue weighted by Gasteiger charge is -2.27. The van der Waals surface area contributed by atoms with Gasteiger partial charge in [0, 0.05) is 19.0 Å². The molecule has 1 aliphatic carbocycles. The number of carbonyl (C=O) groups excluding carboxylic acids is 2.